The first-order valence-corrected chi connectivity index (χ1v) is 19.1. The van der Waals surface area contributed by atoms with E-state index >= 15 is 0 Å². The van der Waals surface area contributed by atoms with Crippen molar-refractivity contribution >= 4 is 42.9 Å². The van der Waals surface area contributed by atoms with Crippen molar-refractivity contribution in [2.75, 3.05) is 38.7 Å². The third-order valence-electron chi connectivity index (χ3n) is 6.54. The van der Waals surface area contributed by atoms with Crippen LogP contribution in [-0.2, 0) is 31.3 Å². The number of aromatic hydroxyl groups is 1. The highest BCUT2D eigenvalue weighted by Crippen LogP contribution is 2.30. The molecule has 5 N–H and O–H groups in total. The molecule has 0 saturated carbocycles. The van der Waals surface area contributed by atoms with Crippen LogP contribution in [0.25, 0.3) is 22.0 Å². The largest absolute Gasteiger partial charge is 0.505 e. The number of ether oxygens (including phenoxy) is 1. The summed E-state index contributed by atoms with van der Waals surface area (Å²) >= 11 is 0. The van der Waals surface area contributed by atoms with E-state index in [0.29, 0.717) is 22.0 Å². The Kier molecular flexibility index (Phi) is 13.6. The lowest BCUT2D eigenvalue weighted by Crippen LogP contribution is -2.37. The summed E-state index contributed by atoms with van der Waals surface area (Å²) in [6, 6.07) is 20.1. The molecule has 17 heteroatoms. The predicted molar refractivity (Wildman–Crippen MR) is 191 cm³/mol. The molecule has 2 aromatic heterocycles. The van der Waals surface area contributed by atoms with Gasteiger partial charge < -0.3 is 25.0 Å². The van der Waals surface area contributed by atoms with Gasteiger partial charge in [0.05, 0.1) is 30.8 Å². The van der Waals surface area contributed by atoms with Crippen molar-refractivity contribution in [3.63, 3.8) is 0 Å². The van der Waals surface area contributed by atoms with Crippen molar-refractivity contribution in [3.05, 3.63) is 94.5 Å². The standard InChI is InChI=1S/C25H24N4O5S.C8H18N2O4S/c1-35(33,34)28-13-12-26-24(31)22-23(30)20-14-19(18-10-6-3-7-11-18)25(32)29(21(20)15-27-22)16-17-8-4-2-5-9-17;1-8(2,3)14-7(11)9-5-6-10-15(4,12)13/h2-11,14-15,28,30H,12-13,16H2,1H3,(H,26,31);10H,5-6H2,1-4H3,(H,9,11). The summed E-state index contributed by atoms with van der Waals surface area (Å²) < 4.78 is 54.6. The van der Waals surface area contributed by atoms with E-state index in [-0.39, 0.29) is 49.7 Å². The quantitative estimate of drug-likeness (QED) is 0.134. The van der Waals surface area contributed by atoms with Gasteiger partial charge in [0.1, 0.15) is 5.60 Å². The van der Waals surface area contributed by atoms with E-state index in [1.165, 1.54) is 10.8 Å². The van der Waals surface area contributed by atoms with E-state index < -0.39 is 37.6 Å². The molecule has 15 nitrogen and oxygen atoms in total. The van der Waals surface area contributed by atoms with Gasteiger partial charge in [-0.3, -0.25) is 9.59 Å². The summed E-state index contributed by atoms with van der Waals surface area (Å²) in [4.78, 5) is 41.3. The van der Waals surface area contributed by atoms with Crippen LogP contribution in [0.1, 0.15) is 36.8 Å². The van der Waals surface area contributed by atoms with Gasteiger partial charge in [-0.2, -0.15) is 0 Å². The monoisotopic (exact) mass is 730 g/mol. The lowest BCUT2D eigenvalue weighted by Gasteiger charge is -2.19. The van der Waals surface area contributed by atoms with Crippen LogP contribution in [-0.4, -0.2) is 87.8 Å². The zero-order valence-electron chi connectivity index (χ0n) is 28.4. The zero-order valence-corrected chi connectivity index (χ0v) is 30.0. The molecule has 0 spiro atoms. The zero-order chi connectivity index (χ0) is 37.1. The number of nitrogens with one attached hydrogen (secondary N) is 4. The van der Waals surface area contributed by atoms with Crippen molar-refractivity contribution in [1.29, 1.82) is 0 Å². The van der Waals surface area contributed by atoms with E-state index in [9.17, 15) is 36.3 Å². The molecular formula is C33H42N6O9S2. The fraction of sp³-hybridized carbons (Fsp3) is 0.333. The number of hydrogen-bond donors (Lipinski definition) is 5. The predicted octanol–water partition coefficient (Wildman–Crippen LogP) is 2.16. The molecule has 0 aliphatic carbocycles. The Bertz CT molecular complexity index is 2070. The molecule has 4 aromatic rings. The Morgan fingerprint density at radius 1 is 0.840 bits per heavy atom. The highest BCUT2D eigenvalue weighted by Gasteiger charge is 2.20. The topological polar surface area (TPSA) is 215 Å². The second-order valence-corrected chi connectivity index (χ2v) is 15.7. The molecule has 2 heterocycles. The van der Waals surface area contributed by atoms with Gasteiger partial charge in [-0.1, -0.05) is 60.7 Å². The number of benzene rings is 2. The molecule has 0 radical (unpaired) electrons. The highest BCUT2D eigenvalue weighted by molar-refractivity contribution is 7.89. The van der Waals surface area contributed by atoms with E-state index in [1.807, 2.05) is 48.5 Å². The molecule has 0 bridgehead atoms. The average Bonchev–Trinajstić information content (AvgIpc) is 3.02. The molecule has 0 aliphatic rings. The summed E-state index contributed by atoms with van der Waals surface area (Å²) in [5, 5.41) is 16.3. The molecule has 0 aliphatic heterocycles. The lowest BCUT2D eigenvalue weighted by atomic mass is 10.0. The number of nitrogens with zero attached hydrogens (tertiary/aromatic N) is 2. The molecule has 0 saturated heterocycles. The van der Waals surface area contributed by atoms with Crippen LogP contribution in [0.15, 0.2) is 77.7 Å². The molecule has 2 aromatic carbocycles. The van der Waals surface area contributed by atoms with Crippen LogP contribution in [0.4, 0.5) is 4.79 Å². The van der Waals surface area contributed by atoms with Gasteiger partial charge in [0.25, 0.3) is 11.5 Å². The van der Waals surface area contributed by atoms with Gasteiger partial charge >= 0.3 is 6.09 Å². The van der Waals surface area contributed by atoms with Crippen molar-refractivity contribution in [2.45, 2.75) is 32.9 Å². The number of hydrogen-bond acceptors (Lipinski definition) is 10. The fourth-order valence-corrected chi connectivity index (χ4v) is 5.39. The maximum Gasteiger partial charge on any atom is 0.407 e. The summed E-state index contributed by atoms with van der Waals surface area (Å²) in [6.07, 6.45) is 2.90. The van der Waals surface area contributed by atoms with Crippen LogP contribution < -0.4 is 25.6 Å². The summed E-state index contributed by atoms with van der Waals surface area (Å²) in [6.45, 7) is 5.85. The van der Waals surface area contributed by atoms with Gasteiger partial charge in [0, 0.05) is 37.1 Å². The van der Waals surface area contributed by atoms with Gasteiger partial charge in [-0.15, -0.1) is 0 Å². The van der Waals surface area contributed by atoms with Gasteiger partial charge in [-0.25, -0.2) is 36.1 Å². The number of amides is 2. The average molecular weight is 731 g/mol. The van der Waals surface area contributed by atoms with Gasteiger partial charge in [-0.05, 0) is 38.0 Å². The molecule has 4 rings (SSSR count). The maximum atomic E-state index is 13.5. The van der Waals surface area contributed by atoms with Crippen LogP contribution in [0, 0.1) is 0 Å². The number of sulfonamides is 2. The first-order valence-electron chi connectivity index (χ1n) is 15.3. The van der Waals surface area contributed by atoms with Crippen molar-refractivity contribution < 1.29 is 36.3 Å². The number of pyridine rings is 2. The number of rotatable bonds is 12. The summed E-state index contributed by atoms with van der Waals surface area (Å²) in [7, 11) is -6.59. The normalized spacial score (nSPS) is 11.7. The second-order valence-electron chi connectivity index (χ2n) is 12.1. The third-order valence-corrected chi connectivity index (χ3v) is 8.00. The van der Waals surface area contributed by atoms with E-state index in [1.54, 1.807) is 39.0 Å². The molecule has 0 atom stereocenters. The van der Waals surface area contributed by atoms with Gasteiger partial charge in [0.2, 0.25) is 20.0 Å². The molecule has 0 fully saturated rings. The highest BCUT2D eigenvalue weighted by atomic mass is 32.2. The molecule has 50 heavy (non-hydrogen) atoms. The van der Waals surface area contributed by atoms with Crippen LogP contribution >= 0.6 is 0 Å². The van der Waals surface area contributed by atoms with Crippen molar-refractivity contribution in [2.24, 2.45) is 0 Å². The number of carbonyl (C=O) groups excluding carboxylic acids is 2. The molecule has 270 valence electrons. The minimum Gasteiger partial charge on any atom is -0.505 e. The van der Waals surface area contributed by atoms with E-state index in [4.69, 9.17) is 4.74 Å². The maximum absolute atomic E-state index is 13.5. The first-order chi connectivity index (χ1) is 23.3. The lowest BCUT2D eigenvalue weighted by molar-refractivity contribution is 0.0528. The van der Waals surface area contributed by atoms with Crippen LogP contribution in [0.2, 0.25) is 0 Å². The number of aromatic nitrogens is 2. The number of fused-ring (bicyclic) bond motifs is 1. The minimum atomic E-state index is -3.39. The van der Waals surface area contributed by atoms with Gasteiger partial charge in [0.15, 0.2) is 11.4 Å². The summed E-state index contributed by atoms with van der Waals surface area (Å²) in [5.41, 5.74) is 1.30. The number of alkyl carbamates (subject to hydrolysis) is 1. The first kappa shape index (κ1) is 39.6. The van der Waals surface area contributed by atoms with Crippen LogP contribution in [0.3, 0.4) is 0 Å². The molecular weight excluding hydrogens is 689 g/mol. The fourth-order valence-electron chi connectivity index (χ4n) is 4.45. The van der Waals surface area contributed by atoms with E-state index in [2.05, 4.69) is 25.1 Å². The Balaban J connectivity index is 0.000000381. The third kappa shape index (κ3) is 12.9. The van der Waals surface area contributed by atoms with Crippen molar-refractivity contribution in [1.82, 2.24) is 29.6 Å². The second kappa shape index (κ2) is 17.2. The molecule has 0 unspecified atom stereocenters. The minimum absolute atomic E-state index is 0.00626. The Morgan fingerprint density at radius 3 is 1.92 bits per heavy atom. The van der Waals surface area contributed by atoms with Crippen molar-refractivity contribution in [3.8, 4) is 16.9 Å². The van der Waals surface area contributed by atoms with E-state index in [0.717, 1.165) is 18.1 Å². The summed E-state index contributed by atoms with van der Waals surface area (Å²) in [5.74, 6) is -1.03. The Hall–Kier alpha value is -4.84. The van der Waals surface area contributed by atoms with Crippen LogP contribution in [0.5, 0.6) is 5.75 Å². The molecule has 2 amide bonds. The number of carbonyl (C=O) groups is 2. The smallest absolute Gasteiger partial charge is 0.407 e. The SMILES string of the molecule is CC(C)(C)OC(=O)NCCNS(C)(=O)=O.CS(=O)(=O)NCCNC(=O)c1ncc2c(cc(-c3ccccc3)c(=O)n2Cc2ccccc2)c1O. The Morgan fingerprint density at radius 2 is 1.38 bits per heavy atom. The Labute approximate surface area is 291 Å².